The van der Waals surface area contributed by atoms with Crippen molar-refractivity contribution in [2.75, 3.05) is 13.1 Å². The second kappa shape index (κ2) is 7.61. The van der Waals surface area contributed by atoms with E-state index in [-0.39, 0.29) is 23.8 Å². The van der Waals surface area contributed by atoms with Gasteiger partial charge < -0.3 is 10.6 Å². The first-order valence-corrected chi connectivity index (χ1v) is 7.98. The number of carbonyl (C=O) groups excluding carboxylic acids is 1. The van der Waals surface area contributed by atoms with Crippen LogP contribution >= 0.6 is 11.6 Å². The molecule has 1 aromatic carbocycles. The first-order valence-electron chi connectivity index (χ1n) is 7.60. The van der Waals surface area contributed by atoms with Crippen LogP contribution < -0.4 is 5.73 Å². The minimum atomic E-state index is -0.157. The number of amides is 1. The lowest BCUT2D eigenvalue weighted by Gasteiger charge is -2.41. The second-order valence-electron chi connectivity index (χ2n) is 5.75. The largest absolute Gasteiger partial charge is 0.335 e. The maximum atomic E-state index is 12.7. The van der Waals surface area contributed by atoms with E-state index >= 15 is 0 Å². The highest BCUT2D eigenvalue weighted by molar-refractivity contribution is 6.30. The van der Waals surface area contributed by atoms with Gasteiger partial charge in [0.1, 0.15) is 0 Å². The summed E-state index contributed by atoms with van der Waals surface area (Å²) in [5.74, 6) is 0.297. The Balaban J connectivity index is 2.08. The van der Waals surface area contributed by atoms with E-state index in [0.717, 1.165) is 18.4 Å². The number of nitrogens with zero attached hydrogens (tertiary/aromatic N) is 1. The third kappa shape index (κ3) is 3.60. The minimum Gasteiger partial charge on any atom is -0.335 e. The monoisotopic (exact) mass is 318 g/mol. The summed E-state index contributed by atoms with van der Waals surface area (Å²) in [6.07, 6.45) is 5.35. The first kappa shape index (κ1) is 16.8. The fourth-order valence-electron chi connectivity index (χ4n) is 3.02. The van der Waals surface area contributed by atoms with E-state index in [0.29, 0.717) is 18.1 Å². The van der Waals surface area contributed by atoms with Gasteiger partial charge in [0.05, 0.1) is 0 Å². The smallest absolute Gasteiger partial charge is 0.226 e. The number of carbonyl (C=O) groups is 1. The van der Waals surface area contributed by atoms with Crippen molar-refractivity contribution in [1.82, 2.24) is 4.90 Å². The number of hydrogen-bond acceptors (Lipinski definition) is 2. The topological polar surface area (TPSA) is 46.3 Å². The standard InChI is InChI=1S/C18H23ClN2O/c1-3-10-21(11-4-2)18(22)16-9-8-15(16)17(20)13-6-5-7-14(19)12-13/h3-7,12,15-17H,1-2,8-11,20H2/t15-,16+,17?/m0/s1. The van der Waals surface area contributed by atoms with Gasteiger partial charge in [-0.05, 0) is 36.5 Å². The molecule has 1 unspecified atom stereocenters. The van der Waals surface area contributed by atoms with Crippen LogP contribution in [0.2, 0.25) is 5.02 Å². The van der Waals surface area contributed by atoms with Crippen molar-refractivity contribution >= 4 is 17.5 Å². The summed E-state index contributed by atoms with van der Waals surface area (Å²) in [6.45, 7) is 8.51. The van der Waals surface area contributed by atoms with Crippen LogP contribution in [0.25, 0.3) is 0 Å². The van der Waals surface area contributed by atoms with Crippen LogP contribution in [0.5, 0.6) is 0 Å². The second-order valence-corrected chi connectivity index (χ2v) is 6.19. The van der Waals surface area contributed by atoms with Crippen LogP contribution in [0.4, 0.5) is 0 Å². The molecular formula is C18H23ClN2O. The van der Waals surface area contributed by atoms with E-state index in [1.54, 1.807) is 17.1 Å². The van der Waals surface area contributed by atoms with Gasteiger partial charge >= 0.3 is 0 Å². The highest BCUT2D eigenvalue weighted by Gasteiger charge is 2.42. The lowest BCUT2D eigenvalue weighted by molar-refractivity contribution is -0.140. The predicted molar refractivity (Wildman–Crippen MR) is 91.6 cm³/mol. The molecule has 0 heterocycles. The highest BCUT2D eigenvalue weighted by atomic mass is 35.5. The van der Waals surface area contributed by atoms with Crippen LogP contribution in [0.3, 0.4) is 0 Å². The van der Waals surface area contributed by atoms with E-state index in [9.17, 15) is 4.79 Å². The minimum absolute atomic E-state index is 0.0196. The summed E-state index contributed by atoms with van der Waals surface area (Å²) in [5.41, 5.74) is 7.37. The lowest BCUT2D eigenvalue weighted by atomic mass is 9.67. The van der Waals surface area contributed by atoms with Crippen LogP contribution in [-0.4, -0.2) is 23.9 Å². The molecule has 0 saturated heterocycles. The van der Waals surface area contributed by atoms with E-state index in [1.165, 1.54) is 0 Å². The Bertz CT molecular complexity index is 548. The maximum Gasteiger partial charge on any atom is 0.226 e. The average Bonchev–Trinajstić information content (AvgIpc) is 2.45. The summed E-state index contributed by atoms with van der Waals surface area (Å²) in [5, 5.41) is 0.676. The van der Waals surface area contributed by atoms with Crippen molar-refractivity contribution < 1.29 is 4.79 Å². The van der Waals surface area contributed by atoms with Gasteiger partial charge in [0.25, 0.3) is 0 Å². The normalized spacial score (nSPS) is 21.5. The quantitative estimate of drug-likeness (QED) is 0.781. The molecule has 1 aliphatic rings. The molecule has 0 radical (unpaired) electrons. The summed E-state index contributed by atoms with van der Waals surface area (Å²) < 4.78 is 0. The Morgan fingerprint density at radius 3 is 2.55 bits per heavy atom. The summed E-state index contributed by atoms with van der Waals surface area (Å²) in [7, 11) is 0. The highest BCUT2D eigenvalue weighted by Crippen LogP contribution is 2.43. The number of rotatable bonds is 7. The SMILES string of the molecule is C=CCN(CC=C)C(=O)[C@@H]1CC[C@@H]1C(N)c1cccc(Cl)c1. The Morgan fingerprint density at radius 1 is 1.36 bits per heavy atom. The molecule has 0 aromatic heterocycles. The molecule has 4 heteroatoms. The van der Waals surface area contributed by atoms with Gasteiger partial charge in [-0.3, -0.25) is 4.79 Å². The van der Waals surface area contributed by atoms with Gasteiger partial charge in [0, 0.05) is 30.1 Å². The number of benzene rings is 1. The third-order valence-corrected chi connectivity index (χ3v) is 4.59. The van der Waals surface area contributed by atoms with Gasteiger partial charge in [0.2, 0.25) is 5.91 Å². The van der Waals surface area contributed by atoms with Crippen LogP contribution in [0, 0.1) is 11.8 Å². The molecule has 22 heavy (non-hydrogen) atoms. The van der Waals surface area contributed by atoms with Crippen molar-refractivity contribution in [2.45, 2.75) is 18.9 Å². The molecule has 1 aromatic rings. The molecule has 0 aliphatic heterocycles. The lowest BCUT2D eigenvalue weighted by Crippen LogP contribution is -2.47. The molecule has 1 amide bonds. The van der Waals surface area contributed by atoms with Crippen LogP contribution in [0.15, 0.2) is 49.6 Å². The molecule has 2 N–H and O–H groups in total. The van der Waals surface area contributed by atoms with Gasteiger partial charge in [-0.15, -0.1) is 13.2 Å². The molecule has 118 valence electrons. The zero-order valence-corrected chi connectivity index (χ0v) is 13.5. The van der Waals surface area contributed by atoms with Gasteiger partial charge in [-0.25, -0.2) is 0 Å². The molecule has 1 fully saturated rings. The van der Waals surface area contributed by atoms with Crippen molar-refractivity contribution in [3.63, 3.8) is 0 Å². The summed E-state index contributed by atoms with van der Waals surface area (Å²) in [4.78, 5) is 14.4. The fourth-order valence-corrected chi connectivity index (χ4v) is 3.22. The fraction of sp³-hybridized carbons (Fsp3) is 0.389. The summed E-state index contributed by atoms with van der Waals surface area (Å²) >= 11 is 6.03. The van der Waals surface area contributed by atoms with Gasteiger partial charge in [-0.2, -0.15) is 0 Å². The molecule has 0 bridgehead atoms. The van der Waals surface area contributed by atoms with Crippen molar-refractivity contribution in [3.05, 3.63) is 60.2 Å². The number of halogens is 1. The molecule has 2 rings (SSSR count). The molecule has 3 atom stereocenters. The van der Waals surface area contributed by atoms with E-state index in [1.807, 2.05) is 24.3 Å². The van der Waals surface area contributed by atoms with Gasteiger partial charge in [-0.1, -0.05) is 35.9 Å². The number of hydrogen-bond donors (Lipinski definition) is 1. The summed E-state index contributed by atoms with van der Waals surface area (Å²) in [6, 6.07) is 7.43. The predicted octanol–water partition coefficient (Wildman–Crippen LogP) is 3.57. The maximum absolute atomic E-state index is 12.7. The van der Waals surface area contributed by atoms with Crippen molar-refractivity contribution in [3.8, 4) is 0 Å². The molecule has 3 nitrogen and oxygen atoms in total. The third-order valence-electron chi connectivity index (χ3n) is 4.35. The average molecular weight is 319 g/mol. The van der Waals surface area contributed by atoms with Crippen molar-refractivity contribution in [2.24, 2.45) is 17.6 Å². The molecule has 1 aliphatic carbocycles. The Kier molecular flexibility index (Phi) is 5.81. The first-order chi connectivity index (χ1) is 10.6. The molecule has 0 spiro atoms. The van der Waals surface area contributed by atoms with Crippen molar-refractivity contribution in [1.29, 1.82) is 0 Å². The Morgan fingerprint density at radius 2 is 2.05 bits per heavy atom. The Labute approximate surface area is 137 Å². The van der Waals surface area contributed by atoms with E-state index in [2.05, 4.69) is 13.2 Å². The molecular weight excluding hydrogens is 296 g/mol. The Hall–Kier alpha value is -1.58. The van der Waals surface area contributed by atoms with Gasteiger partial charge in [0.15, 0.2) is 0 Å². The molecule has 1 saturated carbocycles. The van der Waals surface area contributed by atoms with E-state index < -0.39 is 0 Å². The zero-order chi connectivity index (χ0) is 16.1. The van der Waals surface area contributed by atoms with Crippen LogP contribution in [-0.2, 0) is 4.79 Å². The van der Waals surface area contributed by atoms with Crippen LogP contribution in [0.1, 0.15) is 24.4 Å². The number of nitrogens with two attached hydrogens (primary N) is 1. The zero-order valence-electron chi connectivity index (χ0n) is 12.7. The van der Waals surface area contributed by atoms with E-state index in [4.69, 9.17) is 17.3 Å².